The fraction of sp³-hybridized carbons (Fsp3) is 1.00. The second kappa shape index (κ2) is 9.60. The first-order valence-corrected chi connectivity index (χ1v) is 3.52. The van der Waals surface area contributed by atoms with Crippen LogP contribution in [0.1, 0.15) is 39.5 Å². The van der Waals surface area contributed by atoms with Crippen LogP contribution in [-0.2, 0) is 0 Å². The molecule has 0 fully saturated rings. The number of hydrogen-bond acceptors (Lipinski definition) is 0. The Morgan fingerprint density at radius 2 is 1.44 bits per heavy atom. The van der Waals surface area contributed by atoms with Crippen molar-refractivity contribution in [3.05, 3.63) is 5.73 Å². The third-order valence-corrected chi connectivity index (χ3v) is 1.27. The van der Waals surface area contributed by atoms with Gasteiger partial charge in [-0.2, -0.15) is 0 Å². The molecule has 0 bridgehead atoms. The Hall–Kier alpha value is 1.60. The van der Waals surface area contributed by atoms with E-state index in [-0.39, 0.29) is 57.4 Å². The van der Waals surface area contributed by atoms with Crippen LogP contribution < -0.4 is 51.4 Å². The first-order chi connectivity index (χ1) is 3.81. The number of hydrogen-bond donors (Lipinski definition) is 0. The molecule has 1 N–H and O–H groups in total. The van der Waals surface area contributed by atoms with Crippen molar-refractivity contribution >= 4 is 0 Å². The van der Waals surface area contributed by atoms with Crippen LogP contribution in [0, 0.1) is 0 Å². The summed E-state index contributed by atoms with van der Waals surface area (Å²) >= 11 is 0. The molecule has 1 nitrogen and oxygen atoms in total. The van der Waals surface area contributed by atoms with Gasteiger partial charge >= 0.3 is 51.4 Å². The van der Waals surface area contributed by atoms with E-state index < -0.39 is 0 Å². The van der Waals surface area contributed by atoms with Gasteiger partial charge < -0.3 is 5.73 Å². The number of nitrogens with one attached hydrogen (secondary N) is 1. The van der Waals surface area contributed by atoms with Gasteiger partial charge in [0.1, 0.15) is 0 Å². The second-order valence-corrected chi connectivity index (χ2v) is 2.27. The maximum atomic E-state index is 7.37. The van der Waals surface area contributed by atoms with E-state index in [9.17, 15) is 0 Å². The van der Waals surface area contributed by atoms with E-state index in [0.717, 1.165) is 25.7 Å². The van der Waals surface area contributed by atoms with Gasteiger partial charge in [-0.15, -0.1) is 6.04 Å². The van der Waals surface area contributed by atoms with Gasteiger partial charge in [-0.3, -0.25) is 0 Å². The van der Waals surface area contributed by atoms with Gasteiger partial charge in [0.05, 0.1) is 0 Å². The topological polar surface area (TPSA) is 23.8 Å². The van der Waals surface area contributed by atoms with Crippen LogP contribution in [0.15, 0.2) is 0 Å². The summed E-state index contributed by atoms with van der Waals surface area (Å²) in [5, 5.41) is 0. The van der Waals surface area contributed by atoms with E-state index in [4.69, 9.17) is 5.73 Å². The van der Waals surface area contributed by atoms with E-state index in [1.807, 2.05) is 0 Å². The molecule has 50 valence electrons. The first-order valence-electron chi connectivity index (χ1n) is 3.52. The average Bonchev–Trinajstić information content (AvgIpc) is 1.68. The molecule has 0 rings (SSSR count). The maximum absolute atomic E-state index is 7.37. The van der Waals surface area contributed by atoms with Crippen LogP contribution in [-0.4, -0.2) is 6.04 Å². The van der Waals surface area contributed by atoms with Crippen LogP contribution in [0.2, 0.25) is 0 Å². The minimum Gasteiger partial charge on any atom is -0.675 e. The molecule has 9 heavy (non-hydrogen) atoms. The predicted octanol–water partition coefficient (Wildman–Crippen LogP) is 0.0114. The van der Waals surface area contributed by atoms with Crippen molar-refractivity contribution in [2.45, 2.75) is 45.6 Å². The summed E-state index contributed by atoms with van der Waals surface area (Å²) in [6.07, 6.45) is 4.48. The zero-order valence-electron chi connectivity index (χ0n) is 6.91. The summed E-state index contributed by atoms with van der Waals surface area (Å²) in [4.78, 5) is 0. The average molecular weight is 153 g/mol. The fourth-order valence-corrected chi connectivity index (χ4v) is 0.841. The van der Waals surface area contributed by atoms with Crippen LogP contribution in [0.5, 0.6) is 0 Å². The normalized spacial score (nSPS) is 9.33. The Morgan fingerprint density at radius 3 is 1.67 bits per heavy atom. The summed E-state index contributed by atoms with van der Waals surface area (Å²) in [5.41, 5.74) is 7.37. The van der Waals surface area contributed by atoms with Crippen molar-refractivity contribution in [3.8, 4) is 0 Å². The molecular formula is C7H16KN. The minimum absolute atomic E-state index is 0. The molecule has 0 saturated heterocycles. The van der Waals surface area contributed by atoms with Crippen LogP contribution in [0.4, 0.5) is 0 Å². The van der Waals surface area contributed by atoms with Gasteiger partial charge in [-0.1, -0.05) is 39.5 Å². The van der Waals surface area contributed by atoms with Gasteiger partial charge in [-0.25, -0.2) is 0 Å². The van der Waals surface area contributed by atoms with Gasteiger partial charge in [0, 0.05) is 0 Å². The second-order valence-electron chi connectivity index (χ2n) is 2.27. The molecule has 0 atom stereocenters. The molecule has 0 aromatic rings. The van der Waals surface area contributed by atoms with E-state index in [1.165, 1.54) is 0 Å². The molecule has 0 aromatic carbocycles. The fourth-order valence-electron chi connectivity index (χ4n) is 0.841. The van der Waals surface area contributed by atoms with E-state index in [0.29, 0.717) is 0 Å². The zero-order valence-corrected chi connectivity index (χ0v) is 10.0. The molecule has 0 aliphatic rings. The zero-order chi connectivity index (χ0) is 6.41. The Bertz CT molecular complexity index is 42.2. The third kappa shape index (κ3) is 9.60. The SMILES string of the molecule is CCCC([NH-])CCC.[K+]. The largest absolute Gasteiger partial charge is 1.00 e. The van der Waals surface area contributed by atoms with Gasteiger partial charge in [0.25, 0.3) is 0 Å². The quantitative estimate of drug-likeness (QED) is 0.508. The first kappa shape index (κ1) is 13.2. The maximum Gasteiger partial charge on any atom is 1.00 e. The molecule has 0 radical (unpaired) electrons. The third-order valence-electron chi connectivity index (χ3n) is 1.27. The van der Waals surface area contributed by atoms with Crippen molar-refractivity contribution in [3.63, 3.8) is 0 Å². The summed E-state index contributed by atoms with van der Waals surface area (Å²) in [7, 11) is 0. The van der Waals surface area contributed by atoms with Crippen LogP contribution in [0.3, 0.4) is 0 Å². The Kier molecular flexibility index (Phi) is 14.1. The molecule has 0 aliphatic heterocycles. The van der Waals surface area contributed by atoms with E-state index in [1.54, 1.807) is 0 Å². The van der Waals surface area contributed by atoms with Crippen LogP contribution in [0.25, 0.3) is 5.73 Å². The van der Waals surface area contributed by atoms with Gasteiger partial charge in [0.15, 0.2) is 0 Å². The predicted molar refractivity (Wildman–Crippen MR) is 37.9 cm³/mol. The Morgan fingerprint density at radius 1 is 1.11 bits per heavy atom. The van der Waals surface area contributed by atoms with Crippen molar-refractivity contribution in [1.82, 2.24) is 0 Å². The monoisotopic (exact) mass is 153 g/mol. The molecule has 0 unspecified atom stereocenters. The van der Waals surface area contributed by atoms with Gasteiger partial charge in [-0.05, 0) is 0 Å². The minimum atomic E-state index is 0. The van der Waals surface area contributed by atoms with Crippen molar-refractivity contribution in [2.75, 3.05) is 0 Å². The van der Waals surface area contributed by atoms with Gasteiger partial charge in [0.2, 0.25) is 0 Å². The molecule has 0 aliphatic carbocycles. The van der Waals surface area contributed by atoms with Crippen molar-refractivity contribution in [1.29, 1.82) is 0 Å². The number of rotatable bonds is 4. The Balaban J connectivity index is 0. The summed E-state index contributed by atoms with van der Waals surface area (Å²) in [6.45, 7) is 4.27. The summed E-state index contributed by atoms with van der Waals surface area (Å²) in [6, 6.07) is 0.213. The molecule has 0 aromatic heterocycles. The van der Waals surface area contributed by atoms with Crippen LogP contribution >= 0.6 is 0 Å². The summed E-state index contributed by atoms with van der Waals surface area (Å²) in [5.74, 6) is 0. The molecule has 0 heterocycles. The van der Waals surface area contributed by atoms with E-state index in [2.05, 4.69) is 13.8 Å². The van der Waals surface area contributed by atoms with E-state index >= 15 is 0 Å². The Labute approximate surface area is 101 Å². The smallest absolute Gasteiger partial charge is 0.675 e. The van der Waals surface area contributed by atoms with Crippen molar-refractivity contribution < 1.29 is 51.4 Å². The molecule has 0 amide bonds. The standard InChI is InChI=1S/C7H16N.K/c1-3-5-7(8)6-4-2;/h7-8H,3-6H2,1-2H3;/q-1;+1. The van der Waals surface area contributed by atoms with Crippen molar-refractivity contribution in [2.24, 2.45) is 0 Å². The summed E-state index contributed by atoms with van der Waals surface area (Å²) < 4.78 is 0. The molecule has 0 saturated carbocycles. The molecular weight excluding hydrogens is 137 g/mol. The molecule has 0 spiro atoms. The molecule has 2 heteroatoms.